The highest BCUT2D eigenvalue weighted by Gasteiger charge is 2.05. The van der Waals surface area contributed by atoms with Crippen molar-refractivity contribution in [1.82, 2.24) is 0 Å². The molecule has 0 saturated carbocycles. The first-order valence-corrected chi connectivity index (χ1v) is 6.77. The number of allylic oxidation sites excluding steroid dienone is 7. The van der Waals surface area contributed by atoms with Gasteiger partial charge in [-0.25, -0.2) is 4.79 Å². The Labute approximate surface area is 121 Å². The van der Waals surface area contributed by atoms with E-state index in [2.05, 4.69) is 5.32 Å². The fourth-order valence-corrected chi connectivity index (χ4v) is 1.89. The number of carbonyl (C=O) groups excluding carboxylic acids is 1. The molecule has 2 heterocycles. The third-order valence-electron chi connectivity index (χ3n) is 2.13. The molecule has 0 bridgehead atoms. The highest BCUT2D eigenvalue weighted by atomic mass is 32.1. The van der Waals surface area contributed by atoms with Gasteiger partial charge in [-0.15, -0.1) is 11.3 Å². The van der Waals surface area contributed by atoms with Gasteiger partial charge < -0.3 is 9.47 Å². The number of amides is 1. The first-order chi connectivity index (χ1) is 9.84. The number of rotatable bonds is 2. The van der Waals surface area contributed by atoms with Crippen LogP contribution in [0, 0.1) is 0 Å². The Morgan fingerprint density at radius 1 is 1.15 bits per heavy atom. The summed E-state index contributed by atoms with van der Waals surface area (Å²) in [5, 5.41) is 5.24. The number of thiophene rings is 1. The van der Waals surface area contributed by atoms with Crippen molar-refractivity contribution in [3.63, 3.8) is 0 Å². The molecule has 0 fully saturated rings. The van der Waals surface area contributed by atoms with E-state index in [-0.39, 0.29) is 0 Å². The van der Waals surface area contributed by atoms with Gasteiger partial charge in [0.1, 0.15) is 5.76 Å². The minimum atomic E-state index is -0.544. The largest absolute Gasteiger partial charge is 0.472 e. The van der Waals surface area contributed by atoms with E-state index in [0.29, 0.717) is 5.76 Å². The molecule has 102 valence electrons. The van der Waals surface area contributed by atoms with E-state index < -0.39 is 6.09 Å². The van der Waals surface area contributed by atoms with E-state index in [1.807, 2.05) is 29.7 Å². The molecule has 0 aliphatic carbocycles. The summed E-state index contributed by atoms with van der Waals surface area (Å²) in [7, 11) is 0. The van der Waals surface area contributed by atoms with Crippen LogP contribution < -0.4 is 5.32 Å². The zero-order chi connectivity index (χ0) is 14.0. The minimum absolute atomic E-state index is 0.374. The van der Waals surface area contributed by atoms with Crippen LogP contribution in [-0.2, 0) is 9.47 Å². The van der Waals surface area contributed by atoms with Crippen molar-refractivity contribution in [2.45, 2.75) is 0 Å². The van der Waals surface area contributed by atoms with Gasteiger partial charge in [0.15, 0.2) is 0 Å². The van der Waals surface area contributed by atoms with Crippen LogP contribution in [0.1, 0.15) is 0 Å². The van der Waals surface area contributed by atoms with E-state index in [1.165, 1.54) is 23.9 Å². The Balaban J connectivity index is 1.99. The van der Waals surface area contributed by atoms with Gasteiger partial charge in [-0.2, -0.15) is 0 Å². The molecule has 0 saturated heterocycles. The van der Waals surface area contributed by atoms with Crippen molar-refractivity contribution >= 4 is 22.4 Å². The fraction of sp³-hybridized carbons (Fsp3) is 0. The number of anilines is 1. The summed E-state index contributed by atoms with van der Waals surface area (Å²) in [4.78, 5) is 11.7. The second-order valence-corrected chi connectivity index (χ2v) is 4.55. The molecular weight excluding hydrogens is 274 g/mol. The Kier molecular flexibility index (Phi) is 5.42. The lowest BCUT2D eigenvalue weighted by Gasteiger charge is -2.05. The molecule has 0 spiro atoms. The number of carbonyl (C=O) groups is 1. The average molecular weight is 287 g/mol. The molecule has 1 amide bonds. The van der Waals surface area contributed by atoms with Crippen molar-refractivity contribution in [2.75, 3.05) is 5.32 Å². The Morgan fingerprint density at radius 3 is 2.85 bits per heavy atom. The van der Waals surface area contributed by atoms with Gasteiger partial charge in [-0.3, -0.25) is 5.32 Å². The van der Waals surface area contributed by atoms with Crippen LogP contribution >= 0.6 is 11.3 Å². The van der Waals surface area contributed by atoms with Gasteiger partial charge in [0.05, 0.1) is 17.5 Å². The molecule has 1 aromatic rings. The smallest absolute Gasteiger partial charge is 0.417 e. The summed E-state index contributed by atoms with van der Waals surface area (Å²) in [6.07, 6.45) is 14.7. The predicted octanol–water partition coefficient (Wildman–Crippen LogP) is 4.35. The zero-order valence-corrected chi connectivity index (χ0v) is 11.4. The van der Waals surface area contributed by atoms with E-state index in [1.54, 1.807) is 30.4 Å². The molecule has 0 radical (unpaired) electrons. The maximum Gasteiger partial charge on any atom is 0.417 e. The summed E-state index contributed by atoms with van der Waals surface area (Å²) in [5.41, 5.74) is 0. The van der Waals surface area contributed by atoms with Gasteiger partial charge in [0, 0.05) is 6.08 Å². The maximum absolute atomic E-state index is 11.7. The van der Waals surface area contributed by atoms with Crippen LogP contribution in [0.15, 0.2) is 78.3 Å². The molecule has 0 aromatic carbocycles. The van der Waals surface area contributed by atoms with Crippen LogP contribution in [0.3, 0.4) is 0 Å². The zero-order valence-electron chi connectivity index (χ0n) is 10.6. The third kappa shape index (κ3) is 4.99. The molecule has 1 aliphatic heterocycles. The Hall–Kier alpha value is -2.53. The molecule has 0 unspecified atom stereocenters. The first-order valence-electron chi connectivity index (χ1n) is 5.89. The molecule has 1 aromatic heterocycles. The van der Waals surface area contributed by atoms with E-state index >= 15 is 0 Å². The molecule has 4 nitrogen and oxygen atoms in total. The van der Waals surface area contributed by atoms with Crippen LogP contribution in [-0.4, -0.2) is 6.09 Å². The normalized spacial score (nSPS) is 14.1. The van der Waals surface area contributed by atoms with Crippen LogP contribution in [0.5, 0.6) is 0 Å². The molecule has 5 heteroatoms. The van der Waals surface area contributed by atoms with E-state index in [0.717, 1.165) is 5.00 Å². The first kappa shape index (κ1) is 13.9. The lowest BCUT2D eigenvalue weighted by atomic mass is 10.3. The highest BCUT2D eigenvalue weighted by molar-refractivity contribution is 7.14. The average Bonchev–Trinajstić information content (AvgIpc) is 2.90. The molecule has 1 N–H and O–H groups in total. The van der Waals surface area contributed by atoms with E-state index in [4.69, 9.17) is 9.47 Å². The van der Waals surface area contributed by atoms with Crippen molar-refractivity contribution in [3.8, 4) is 0 Å². The predicted molar refractivity (Wildman–Crippen MR) is 80.2 cm³/mol. The Bertz CT molecular complexity index is 580. The summed E-state index contributed by atoms with van der Waals surface area (Å²) in [6.45, 7) is 0. The van der Waals surface area contributed by atoms with Gasteiger partial charge in [0.25, 0.3) is 0 Å². The lowest BCUT2D eigenvalue weighted by molar-refractivity contribution is 0.194. The van der Waals surface area contributed by atoms with Gasteiger partial charge in [0.2, 0.25) is 0 Å². The Morgan fingerprint density at radius 2 is 2.00 bits per heavy atom. The van der Waals surface area contributed by atoms with Crippen LogP contribution in [0.4, 0.5) is 9.80 Å². The molecular formula is C15H13NO3S. The molecule has 0 atom stereocenters. The third-order valence-corrected chi connectivity index (χ3v) is 2.92. The summed E-state index contributed by atoms with van der Waals surface area (Å²) in [5.74, 6) is 0.374. The lowest BCUT2D eigenvalue weighted by Crippen LogP contribution is -2.11. The molecule has 1 aliphatic rings. The number of hydrogen-bond acceptors (Lipinski definition) is 4. The van der Waals surface area contributed by atoms with Crippen LogP contribution in [0.2, 0.25) is 0 Å². The van der Waals surface area contributed by atoms with Crippen LogP contribution in [0.25, 0.3) is 0 Å². The number of nitrogens with one attached hydrogen (secondary N) is 1. The highest BCUT2D eigenvalue weighted by Crippen LogP contribution is 2.15. The quantitative estimate of drug-likeness (QED) is 0.879. The number of ether oxygens (including phenoxy) is 2. The van der Waals surface area contributed by atoms with Crippen molar-refractivity contribution in [2.24, 2.45) is 0 Å². The summed E-state index contributed by atoms with van der Waals surface area (Å²) < 4.78 is 10.3. The standard InChI is InChI=1S/C15H13NO3S/c17-15(16-14-8-6-12-20-14)19-13-7-4-2-1-3-5-10-18-11-9-13/h1-12H,(H,16,17). The van der Waals surface area contributed by atoms with Gasteiger partial charge in [-0.1, -0.05) is 24.3 Å². The van der Waals surface area contributed by atoms with Crippen molar-refractivity contribution in [3.05, 3.63) is 78.3 Å². The fourth-order valence-electron chi connectivity index (χ4n) is 1.29. The van der Waals surface area contributed by atoms with Gasteiger partial charge in [-0.05, 0) is 29.7 Å². The summed E-state index contributed by atoms with van der Waals surface area (Å²) in [6, 6.07) is 3.65. The maximum atomic E-state index is 11.7. The SMILES string of the molecule is O=C(Nc1cccs1)OC1=CC=CC=CC=COC=C1. The number of hydrogen-bond donors (Lipinski definition) is 1. The second-order valence-electron chi connectivity index (χ2n) is 3.60. The molecule has 2 rings (SSSR count). The second kappa shape index (κ2) is 7.81. The van der Waals surface area contributed by atoms with Crippen molar-refractivity contribution in [1.29, 1.82) is 0 Å². The molecule has 20 heavy (non-hydrogen) atoms. The monoisotopic (exact) mass is 287 g/mol. The topological polar surface area (TPSA) is 47.6 Å². The summed E-state index contributed by atoms with van der Waals surface area (Å²) >= 11 is 1.42. The van der Waals surface area contributed by atoms with Gasteiger partial charge >= 0.3 is 6.09 Å². The minimum Gasteiger partial charge on any atom is -0.472 e. The van der Waals surface area contributed by atoms with E-state index in [9.17, 15) is 4.79 Å². The van der Waals surface area contributed by atoms with Crippen molar-refractivity contribution < 1.29 is 14.3 Å².